The van der Waals surface area contributed by atoms with Gasteiger partial charge in [-0.1, -0.05) is 0 Å². The zero-order chi connectivity index (χ0) is 18.3. The first-order valence-electron chi connectivity index (χ1n) is 10.4. The number of nitrogens with one attached hydrogen (secondary N) is 1. The molecule has 6 nitrogen and oxygen atoms in total. The number of hydrogen-bond donors (Lipinski definition) is 1. The van der Waals surface area contributed by atoms with Crippen molar-refractivity contribution < 1.29 is 9.47 Å². The zero-order valence-corrected chi connectivity index (χ0v) is 19.6. The molecule has 0 aromatic rings. The molecule has 0 radical (unpaired) electrons. The number of piperidine rings is 1. The van der Waals surface area contributed by atoms with Crippen molar-refractivity contribution in [2.75, 3.05) is 46.9 Å². The van der Waals surface area contributed by atoms with Crippen molar-refractivity contribution >= 4 is 29.9 Å². The average Bonchev–Trinajstić information content (AvgIpc) is 3.35. The molecule has 4 aliphatic heterocycles. The largest absolute Gasteiger partial charge is 0.381 e. The molecule has 4 atom stereocenters. The molecule has 156 valence electrons. The number of guanidine groups is 1. The predicted molar refractivity (Wildman–Crippen MR) is 119 cm³/mol. The Morgan fingerprint density at radius 2 is 1.70 bits per heavy atom. The molecular formula is C20H37IN4O2. The lowest BCUT2D eigenvalue weighted by Crippen LogP contribution is -2.56. The molecule has 4 unspecified atom stereocenters. The minimum Gasteiger partial charge on any atom is -0.381 e. The molecule has 4 fully saturated rings. The number of likely N-dealkylation sites (tertiary alicyclic amines) is 2. The predicted octanol–water partition coefficient (Wildman–Crippen LogP) is 2.18. The Morgan fingerprint density at radius 3 is 2.22 bits per heavy atom. The van der Waals surface area contributed by atoms with Gasteiger partial charge in [-0.25, -0.2) is 0 Å². The van der Waals surface area contributed by atoms with E-state index in [-0.39, 0.29) is 29.5 Å². The highest BCUT2D eigenvalue weighted by Crippen LogP contribution is 2.47. The Bertz CT molecular complexity index is 518. The number of ether oxygens (including phenoxy) is 2. The summed E-state index contributed by atoms with van der Waals surface area (Å²) < 4.78 is 11.6. The average molecular weight is 492 g/mol. The van der Waals surface area contributed by atoms with Crippen molar-refractivity contribution in [2.24, 2.45) is 16.8 Å². The number of rotatable bonds is 4. The van der Waals surface area contributed by atoms with Crippen molar-refractivity contribution in [3.8, 4) is 0 Å². The van der Waals surface area contributed by atoms with Crippen LogP contribution in [0.25, 0.3) is 0 Å². The van der Waals surface area contributed by atoms with E-state index in [1.165, 1.54) is 12.8 Å². The first kappa shape index (κ1) is 21.6. The minimum atomic E-state index is 0. The van der Waals surface area contributed by atoms with E-state index < -0.39 is 0 Å². The van der Waals surface area contributed by atoms with Gasteiger partial charge in [-0.05, 0) is 39.5 Å². The second-order valence-corrected chi connectivity index (χ2v) is 9.16. The summed E-state index contributed by atoms with van der Waals surface area (Å²) in [4.78, 5) is 9.65. The van der Waals surface area contributed by atoms with Crippen LogP contribution in [0.15, 0.2) is 4.99 Å². The highest BCUT2D eigenvalue weighted by atomic mass is 127. The summed E-state index contributed by atoms with van der Waals surface area (Å²) in [6.07, 6.45) is 6.23. The van der Waals surface area contributed by atoms with Crippen LogP contribution in [-0.4, -0.2) is 86.5 Å². The van der Waals surface area contributed by atoms with E-state index in [9.17, 15) is 0 Å². The molecule has 4 saturated heterocycles. The van der Waals surface area contributed by atoms with Crippen molar-refractivity contribution in [3.05, 3.63) is 0 Å². The molecule has 0 aromatic carbocycles. The number of nitrogens with zero attached hydrogens (tertiary/aromatic N) is 3. The van der Waals surface area contributed by atoms with Crippen LogP contribution in [0.2, 0.25) is 0 Å². The van der Waals surface area contributed by atoms with Gasteiger partial charge in [0, 0.05) is 64.3 Å². The number of hydrogen-bond acceptors (Lipinski definition) is 4. The summed E-state index contributed by atoms with van der Waals surface area (Å²) >= 11 is 0. The normalized spacial score (nSPS) is 34.7. The Hall–Kier alpha value is -0.120. The van der Waals surface area contributed by atoms with Crippen LogP contribution in [0.4, 0.5) is 0 Å². The molecule has 4 aliphatic rings. The maximum atomic E-state index is 6.11. The molecule has 0 spiro atoms. The van der Waals surface area contributed by atoms with Crippen LogP contribution in [-0.2, 0) is 9.47 Å². The van der Waals surface area contributed by atoms with Gasteiger partial charge in [0.05, 0.1) is 18.3 Å². The monoisotopic (exact) mass is 492 g/mol. The summed E-state index contributed by atoms with van der Waals surface area (Å²) in [6, 6.07) is 0. The van der Waals surface area contributed by atoms with E-state index in [1.807, 2.05) is 14.2 Å². The molecule has 1 N–H and O–H groups in total. The van der Waals surface area contributed by atoms with Gasteiger partial charge in [-0.15, -0.1) is 24.0 Å². The van der Waals surface area contributed by atoms with Crippen molar-refractivity contribution in [3.63, 3.8) is 0 Å². The standard InChI is InChI=1S/C20H36N4O2.HI/c1-20(2,24-9-7-14(25-4)8-10-24)13-22-19(21-3)23-11-15-16(12-23)18-6-5-17(15)26-18;/h14-18H,5-13H2,1-4H3,(H,21,22);1H. The molecular weight excluding hydrogens is 455 g/mol. The Labute approximate surface area is 181 Å². The van der Waals surface area contributed by atoms with Gasteiger partial charge in [0.15, 0.2) is 5.96 Å². The third-order valence-electron chi connectivity index (χ3n) is 7.27. The second kappa shape index (κ2) is 8.71. The van der Waals surface area contributed by atoms with Crippen molar-refractivity contribution in [1.29, 1.82) is 0 Å². The molecule has 27 heavy (non-hydrogen) atoms. The van der Waals surface area contributed by atoms with Crippen molar-refractivity contribution in [1.82, 2.24) is 15.1 Å². The maximum absolute atomic E-state index is 6.11. The summed E-state index contributed by atoms with van der Waals surface area (Å²) in [5, 5.41) is 3.68. The smallest absolute Gasteiger partial charge is 0.193 e. The van der Waals surface area contributed by atoms with Gasteiger partial charge in [0.25, 0.3) is 0 Å². The fraction of sp³-hybridized carbons (Fsp3) is 0.950. The summed E-state index contributed by atoms with van der Waals surface area (Å²) in [6.45, 7) is 10.0. The third-order valence-corrected chi connectivity index (χ3v) is 7.27. The third kappa shape index (κ3) is 4.26. The summed E-state index contributed by atoms with van der Waals surface area (Å²) in [7, 11) is 3.75. The van der Waals surface area contributed by atoms with E-state index >= 15 is 0 Å². The molecule has 7 heteroatoms. The summed E-state index contributed by atoms with van der Waals surface area (Å²) in [5.41, 5.74) is 0.117. The lowest BCUT2D eigenvalue weighted by molar-refractivity contribution is 0.00763. The van der Waals surface area contributed by atoms with Crippen molar-refractivity contribution in [2.45, 2.75) is 63.4 Å². The quantitative estimate of drug-likeness (QED) is 0.371. The zero-order valence-electron chi connectivity index (χ0n) is 17.3. The van der Waals surface area contributed by atoms with Crippen LogP contribution < -0.4 is 5.32 Å². The Kier molecular flexibility index (Phi) is 6.97. The van der Waals surface area contributed by atoms with Crippen LogP contribution >= 0.6 is 24.0 Å². The first-order chi connectivity index (χ1) is 12.5. The SMILES string of the molecule is CN=C(NCC(C)(C)N1CCC(OC)CC1)N1CC2C3CCC(O3)C2C1.I. The van der Waals surface area contributed by atoms with E-state index in [2.05, 4.69) is 34.0 Å². The number of methoxy groups -OCH3 is 1. The van der Waals surface area contributed by atoms with E-state index in [1.54, 1.807) is 0 Å². The van der Waals surface area contributed by atoms with Crippen LogP contribution in [0.1, 0.15) is 39.5 Å². The van der Waals surface area contributed by atoms with Crippen LogP contribution in [0.5, 0.6) is 0 Å². The maximum Gasteiger partial charge on any atom is 0.193 e. The van der Waals surface area contributed by atoms with Gasteiger partial charge in [0.1, 0.15) is 0 Å². The van der Waals surface area contributed by atoms with Gasteiger partial charge < -0.3 is 19.7 Å². The fourth-order valence-electron chi connectivity index (χ4n) is 5.57. The summed E-state index contributed by atoms with van der Waals surface area (Å²) in [5.74, 6) is 2.50. The van der Waals surface area contributed by atoms with E-state index in [4.69, 9.17) is 9.47 Å². The Morgan fingerprint density at radius 1 is 1.11 bits per heavy atom. The van der Waals surface area contributed by atoms with Crippen LogP contribution in [0.3, 0.4) is 0 Å². The van der Waals surface area contributed by atoms with Gasteiger partial charge >= 0.3 is 0 Å². The Balaban J connectivity index is 0.00000210. The van der Waals surface area contributed by atoms with E-state index in [0.717, 1.165) is 51.5 Å². The molecule has 4 heterocycles. The highest BCUT2D eigenvalue weighted by Gasteiger charge is 2.53. The second-order valence-electron chi connectivity index (χ2n) is 9.16. The topological polar surface area (TPSA) is 49.3 Å². The number of fused-ring (bicyclic) bond motifs is 5. The minimum absolute atomic E-state index is 0. The molecule has 2 bridgehead atoms. The van der Waals surface area contributed by atoms with Gasteiger partial charge in [0.2, 0.25) is 0 Å². The number of halogens is 1. The lowest BCUT2D eigenvalue weighted by Gasteiger charge is -2.43. The first-order valence-corrected chi connectivity index (χ1v) is 10.4. The molecule has 4 rings (SSSR count). The molecule has 0 aliphatic carbocycles. The number of aliphatic imine (C=N–C) groups is 1. The lowest BCUT2D eigenvalue weighted by atomic mass is 9.82. The molecule has 0 amide bonds. The van der Waals surface area contributed by atoms with E-state index in [0.29, 0.717) is 30.1 Å². The van der Waals surface area contributed by atoms with Crippen LogP contribution in [0, 0.1) is 11.8 Å². The van der Waals surface area contributed by atoms with Gasteiger partial charge in [-0.2, -0.15) is 0 Å². The fourth-order valence-corrected chi connectivity index (χ4v) is 5.57. The molecule has 0 aromatic heterocycles. The molecule has 0 saturated carbocycles. The highest BCUT2D eigenvalue weighted by molar-refractivity contribution is 14.0. The van der Waals surface area contributed by atoms with Gasteiger partial charge in [-0.3, -0.25) is 9.89 Å².